The van der Waals surface area contributed by atoms with Gasteiger partial charge in [0.25, 0.3) is 0 Å². The van der Waals surface area contributed by atoms with Gasteiger partial charge in [0.05, 0.1) is 6.04 Å². The number of nitrogen functional groups attached to an aromatic ring is 1. The molecule has 1 aliphatic rings. The van der Waals surface area contributed by atoms with E-state index in [9.17, 15) is 0 Å². The van der Waals surface area contributed by atoms with E-state index in [0.717, 1.165) is 22.7 Å². The lowest BCUT2D eigenvalue weighted by Gasteiger charge is -2.32. The van der Waals surface area contributed by atoms with Gasteiger partial charge in [-0.3, -0.25) is 5.84 Å². The standard InChI is InChI=1S/C20H24N4.C2H6/c1-15-3-9-18(10-4-15)24(19-11-5-16(22-2)6-12-19)20-13-7-17(23-21)8-14-20;1-2/h3-15,18,22-23H,21H2,1-2H3;1-2H3. The Morgan fingerprint density at radius 1 is 0.769 bits per heavy atom. The molecule has 0 aromatic heterocycles. The summed E-state index contributed by atoms with van der Waals surface area (Å²) >= 11 is 0. The van der Waals surface area contributed by atoms with Crippen LogP contribution >= 0.6 is 0 Å². The lowest BCUT2D eigenvalue weighted by Crippen LogP contribution is -2.29. The summed E-state index contributed by atoms with van der Waals surface area (Å²) in [6.45, 7) is 6.19. The van der Waals surface area contributed by atoms with E-state index in [-0.39, 0.29) is 6.04 Å². The Morgan fingerprint density at radius 3 is 1.65 bits per heavy atom. The number of hydrazine groups is 1. The molecule has 0 bridgehead atoms. The maximum Gasteiger partial charge on any atom is 0.0706 e. The average molecular weight is 351 g/mol. The number of benzene rings is 2. The summed E-state index contributed by atoms with van der Waals surface area (Å²) in [5, 5.41) is 3.16. The second-order valence-corrected chi connectivity index (χ2v) is 5.98. The molecule has 0 spiro atoms. The minimum absolute atomic E-state index is 0.193. The fourth-order valence-electron chi connectivity index (χ4n) is 2.88. The molecular formula is C22H30N4. The topological polar surface area (TPSA) is 53.3 Å². The quantitative estimate of drug-likeness (QED) is 0.389. The summed E-state index contributed by atoms with van der Waals surface area (Å²) < 4.78 is 0. The van der Waals surface area contributed by atoms with Crippen LogP contribution in [-0.4, -0.2) is 13.1 Å². The third-order valence-corrected chi connectivity index (χ3v) is 4.27. The monoisotopic (exact) mass is 350 g/mol. The summed E-state index contributed by atoms with van der Waals surface area (Å²) in [5.41, 5.74) is 6.95. The summed E-state index contributed by atoms with van der Waals surface area (Å²) in [6, 6.07) is 16.8. The van der Waals surface area contributed by atoms with Gasteiger partial charge in [-0.15, -0.1) is 0 Å². The van der Waals surface area contributed by atoms with Gasteiger partial charge in [0, 0.05) is 29.8 Å². The molecule has 4 nitrogen and oxygen atoms in total. The van der Waals surface area contributed by atoms with E-state index in [1.807, 2.05) is 33.0 Å². The molecule has 2 aromatic rings. The van der Waals surface area contributed by atoms with E-state index >= 15 is 0 Å². The first-order valence-electron chi connectivity index (χ1n) is 9.21. The average Bonchev–Trinajstić information content (AvgIpc) is 2.72. The SMILES string of the molecule is CC.CNc1ccc(N(c2ccc(NN)cc2)C2C=CC(C)C=C2)cc1. The number of anilines is 4. The fraction of sp³-hybridized carbons (Fsp3) is 0.273. The van der Waals surface area contributed by atoms with Crippen molar-refractivity contribution in [3.63, 3.8) is 0 Å². The first-order valence-corrected chi connectivity index (χ1v) is 9.21. The lowest BCUT2D eigenvalue weighted by atomic mass is 10.0. The van der Waals surface area contributed by atoms with Crippen molar-refractivity contribution < 1.29 is 0 Å². The van der Waals surface area contributed by atoms with Gasteiger partial charge in [0.1, 0.15) is 0 Å². The second kappa shape index (κ2) is 9.68. The molecule has 0 saturated carbocycles. The van der Waals surface area contributed by atoms with Gasteiger partial charge in [-0.1, -0.05) is 45.1 Å². The summed E-state index contributed by atoms with van der Waals surface area (Å²) in [4.78, 5) is 2.32. The maximum absolute atomic E-state index is 5.48. The fourth-order valence-corrected chi connectivity index (χ4v) is 2.88. The smallest absolute Gasteiger partial charge is 0.0706 e. The summed E-state index contributed by atoms with van der Waals surface area (Å²) in [6.07, 6.45) is 9.00. The Labute approximate surface area is 157 Å². The highest BCUT2D eigenvalue weighted by molar-refractivity contribution is 5.69. The van der Waals surface area contributed by atoms with Crippen LogP contribution in [0.4, 0.5) is 22.7 Å². The van der Waals surface area contributed by atoms with E-state index in [4.69, 9.17) is 5.84 Å². The van der Waals surface area contributed by atoms with E-state index in [2.05, 4.69) is 83.3 Å². The van der Waals surface area contributed by atoms with E-state index in [1.165, 1.54) is 0 Å². The Bertz CT molecular complexity index is 655. The molecule has 4 N–H and O–H groups in total. The highest BCUT2D eigenvalue weighted by atomic mass is 15.2. The van der Waals surface area contributed by atoms with E-state index in [1.54, 1.807) is 0 Å². The number of nitrogens with one attached hydrogen (secondary N) is 2. The first kappa shape index (κ1) is 19.6. The van der Waals surface area contributed by atoms with Crippen molar-refractivity contribution in [1.29, 1.82) is 0 Å². The molecule has 3 rings (SSSR count). The Balaban J connectivity index is 0.00000117. The van der Waals surface area contributed by atoms with Gasteiger partial charge in [-0.25, -0.2) is 0 Å². The van der Waals surface area contributed by atoms with Crippen molar-refractivity contribution in [2.45, 2.75) is 26.8 Å². The van der Waals surface area contributed by atoms with Crippen molar-refractivity contribution >= 4 is 22.7 Å². The summed E-state index contributed by atoms with van der Waals surface area (Å²) in [5.74, 6) is 5.97. The maximum atomic E-state index is 5.48. The molecule has 0 amide bonds. The number of hydrogen-bond acceptors (Lipinski definition) is 4. The third-order valence-electron chi connectivity index (χ3n) is 4.27. The predicted octanol–water partition coefficient (Wildman–Crippen LogP) is 5.31. The minimum atomic E-state index is 0.193. The molecule has 0 aliphatic heterocycles. The molecule has 1 aliphatic carbocycles. The van der Waals surface area contributed by atoms with Crippen LogP contribution in [0.25, 0.3) is 0 Å². The van der Waals surface area contributed by atoms with Crippen LogP contribution < -0.4 is 21.5 Å². The molecule has 4 heteroatoms. The second-order valence-electron chi connectivity index (χ2n) is 5.98. The molecule has 2 aromatic carbocycles. The largest absolute Gasteiger partial charge is 0.388 e. The highest BCUT2D eigenvalue weighted by Gasteiger charge is 2.18. The van der Waals surface area contributed by atoms with Gasteiger partial charge >= 0.3 is 0 Å². The molecule has 0 heterocycles. The van der Waals surface area contributed by atoms with Gasteiger partial charge in [0.15, 0.2) is 0 Å². The normalized spacial score (nSPS) is 17.9. The van der Waals surface area contributed by atoms with Gasteiger partial charge in [-0.05, 0) is 54.4 Å². The van der Waals surface area contributed by atoms with Gasteiger partial charge < -0.3 is 15.6 Å². The first-order chi connectivity index (χ1) is 12.7. The molecular weight excluding hydrogens is 320 g/mol. The number of hydrogen-bond donors (Lipinski definition) is 3. The van der Waals surface area contributed by atoms with Crippen LogP contribution in [0.3, 0.4) is 0 Å². The van der Waals surface area contributed by atoms with E-state index in [0.29, 0.717) is 5.92 Å². The van der Waals surface area contributed by atoms with Crippen LogP contribution in [0, 0.1) is 5.92 Å². The van der Waals surface area contributed by atoms with Crippen molar-refractivity contribution in [2.24, 2.45) is 11.8 Å². The zero-order chi connectivity index (χ0) is 18.9. The number of nitrogens with zero attached hydrogens (tertiary/aromatic N) is 1. The Morgan fingerprint density at radius 2 is 1.23 bits per heavy atom. The number of rotatable bonds is 5. The minimum Gasteiger partial charge on any atom is -0.388 e. The molecule has 0 unspecified atom stereocenters. The molecule has 0 fully saturated rings. The van der Waals surface area contributed by atoms with Crippen LogP contribution in [0.5, 0.6) is 0 Å². The molecule has 0 radical (unpaired) electrons. The van der Waals surface area contributed by atoms with Crippen molar-refractivity contribution in [3.05, 3.63) is 72.8 Å². The zero-order valence-electron chi connectivity index (χ0n) is 16.1. The lowest BCUT2D eigenvalue weighted by molar-refractivity contribution is 0.845. The van der Waals surface area contributed by atoms with Crippen molar-refractivity contribution in [1.82, 2.24) is 0 Å². The zero-order valence-corrected chi connectivity index (χ0v) is 16.1. The highest BCUT2D eigenvalue weighted by Crippen LogP contribution is 2.32. The van der Waals surface area contributed by atoms with Crippen LogP contribution in [0.15, 0.2) is 72.8 Å². The third kappa shape index (κ3) is 4.67. The van der Waals surface area contributed by atoms with Crippen molar-refractivity contribution in [2.75, 3.05) is 22.7 Å². The number of nitrogens with two attached hydrogens (primary N) is 1. The van der Waals surface area contributed by atoms with Crippen molar-refractivity contribution in [3.8, 4) is 0 Å². The predicted molar refractivity (Wildman–Crippen MR) is 115 cm³/mol. The summed E-state index contributed by atoms with van der Waals surface area (Å²) in [7, 11) is 1.93. The van der Waals surface area contributed by atoms with E-state index < -0.39 is 0 Å². The molecule has 0 atom stereocenters. The molecule has 138 valence electrons. The Kier molecular flexibility index (Phi) is 7.30. The van der Waals surface area contributed by atoms with Gasteiger partial charge in [0.2, 0.25) is 0 Å². The Hall–Kier alpha value is -2.72. The number of allylic oxidation sites excluding steroid dienone is 2. The van der Waals surface area contributed by atoms with Crippen LogP contribution in [0.1, 0.15) is 20.8 Å². The van der Waals surface area contributed by atoms with Crippen LogP contribution in [0.2, 0.25) is 0 Å². The molecule has 26 heavy (non-hydrogen) atoms. The van der Waals surface area contributed by atoms with Gasteiger partial charge in [-0.2, -0.15) is 0 Å². The van der Waals surface area contributed by atoms with Crippen LogP contribution in [-0.2, 0) is 0 Å². The molecule has 0 saturated heterocycles.